The summed E-state index contributed by atoms with van der Waals surface area (Å²) in [5.74, 6) is 0.215. The van der Waals surface area contributed by atoms with E-state index in [1.807, 2.05) is 6.07 Å². The first-order valence-electron chi connectivity index (χ1n) is 11.5. The Bertz CT molecular complexity index is 1560. The number of methoxy groups -OCH3 is 1. The van der Waals surface area contributed by atoms with Crippen molar-refractivity contribution in [1.82, 2.24) is 0 Å². The average molecular weight is 529 g/mol. The molecule has 1 aliphatic heterocycles. The summed E-state index contributed by atoms with van der Waals surface area (Å²) in [7, 11) is 1.52. The fourth-order valence-electron chi connectivity index (χ4n) is 4.12. The molecular weight excluding hydrogens is 507 g/mol. The maximum atomic E-state index is 13.2. The minimum absolute atomic E-state index is 0.0395. The molecule has 1 atom stereocenters. The van der Waals surface area contributed by atoms with Gasteiger partial charge in [0.25, 0.3) is 0 Å². The van der Waals surface area contributed by atoms with Gasteiger partial charge in [-0.25, -0.2) is 9.18 Å². The monoisotopic (exact) mass is 528 g/mol. The Kier molecular flexibility index (Phi) is 6.98. The second-order valence-electron chi connectivity index (χ2n) is 8.32. The van der Waals surface area contributed by atoms with E-state index >= 15 is 0 Å². The third-order valence-corrected chi connectivity index (χ3v) is 6.80. The highest BCUT2D eigenvalue weighted by Crippen LogP contribution is 2.45. The Balaban J connectivity index is 1.44. The van der Waals surface area contributed by atoms with E-state index in [0.717, 1.165) is 11.1 Å². The fraction of sp³-hybridized carbons (Fsp3) is 0.103. The van der Waals surface area contributed by atoms with Gasteiger partial charge in [-0.15, -0.1) is 11.3 Å². The van der Waals surface area contributed by atoms with E-state index in [1.54, 1.807) is 60.0 Å². The summed E-state index contributed by atoms with van der Waals surface area (Å²) in [5, 5.41) is 11.7. The van der Waals surface area contributed by atoms with Crippen LogP contribution in [0.3, 0.4) is 0 Å². The highest BCUT2D eigenvalue weighted by molar-refractivity contribution is 7.12. The standard InChI is InChI=1S/C29H21FN2O5S/c1-34-25-13-18(6-11-23(25)35-16-17-4-7-19(30)8-5-17)27-21-10-9-20(36-29(33)26-3-2-12-38-26)14-24(21)37-28(32)22(27)15-31/h2-14,27H,16,32H2,1H3. The predicted molar refractivity (Wildman–Crippen MR) is 139 cm³/mol. The van der Waals surface area contributed by atoms with Crippen molar-refractivity contribution >= 4 is 17.3 Å². The third kappa shape index (κ3) is 5.03. The molecule has 190 valence electrons. The number of halogens is 1. The van der Waals surface area contributed by atoms with Gasteiger partial charge < -0.3 is 24.7 Å². The van der Waals surface area contributed by atoms with E-state index < -0.39 is 11.9 Å². The topological polar surface area (TPSA) is 104 Å². The summed E-state index contributed by atoms with van der Waals surface area (Å²) < 4.78 is 35.9. The van der Waals surface area contributed by atoms with Crippen LogP contribution in [0.4, 0.5) is 4.39 Å². The lowest BCUT2D eigenvalue weighted by molar-refractivity contribution is 0.0739. The van der Waals surface area contributed by atoms with E-state index in [-0.39, 0.29) is 29.6 Å². The molecule has 38 heavy (non-hydrogen) atoms. The number of fused-ring (bicyclic) bond motifs is 1. The molecule has 0 spiro atoms. The van der Waals surface area contributed by atoms with Crippen LogP contribution in [0.15, 0.2) is 89.6 Å². The van der Waals surface area contributed by atoms with Crippen LogP contribution in [-0.4, -0.2) is 13.1 Å². The molecular formula is C29H21FN2O5S. The van der Waals surface area contributed by atoms with E-state index in [0.29, 0.717) is 27.7 Å². The summed E-state index contributed by atoms with van der Waals surface area (Å²) in [6.07, 6.45) is 0. The number of nitriles is 1. The number of carbonyl (C=O) groups is 1. The van der Waals surface area contributed by atoms with E-state index in [9.17, 15) is 14.4 Å². The summed E-state index contributed by atoms with van der Waals surface area (Å²) in [5.41, 5.74) is 8.57. The Hall–Kier alpha value is -4.81. The van der Waals surface area contributed by atoms with E-state index in [2.05, 4.69) is 6.07 Å². The molecule has 0 bridgehead atoms. The Labute approximate surface area is 222 Å². The van der Waals surface area contributed by atoms with Gasteiger partial charge in [-0.1, -0.05) is 30.3 Å². The number of benzene rings is 3. The van der Waals surface area contributed by atoms with Crippen molar-refractivity contribution < 1.29 is 28.1 Å². The molecule has 0 amide bonds. The molecule has 2 N–H and O–H groups in total. The van der Waals surface area contributed by atoms with Gasteiger partial charge in [0.1, 0.15) is 40.4 Å². The summed E-state index contributed by atoms with van der Waals surface area (Å²) in [4.78, 5) is 12.9. The summed E-state index contributed by atoms with van der Waals surface area (Å²) in [6.45, 7) is 0.222. The van der Waals surface area contributed by atoms with Gasteiger partial charge in [0, 0.05) is 11.6 Å². The van der Waals surface area contributed by atoms with Crippen LogP contribution >= 0.6 is 11.3 Å². The molecule has 4 aromatic rings. The molecule has 0 fully saturated rings. The predicted octanol–water partition coefficient (Wildman–Crippen LogP) is 5.91. The molecule has 1 aliphatic rings. The lowest BCUT2D eigenvalue weighted by Crippen LogP contribution is -2.21. The number of hydrogen-bond donors (Lipinski definition) is 1. The lowest BCUT2D eigenvalue weighted by atomic mass is 9.83. The van der Waals surface area contributed by atoms with Crippen molar-refractivity contribution in [1.29, 1.82) is 5.26 Å². The van der Waals surface area contributed by atoms with Gasteiger partial charge >= 0.3 is 5.97 Å². The molecule has 2 heterocycles. The Morgan fingerprint density at radius 3 is 2.63 bits per heavy atom. The van der Waals surface area contributed by atoms with Crippen molar-refractivity contribution in [3.63, 3.8) is 0 Å². The number of nitrogens with two attached hydrogens (primary N) is 1. The second-order valence-corrected chi connectivity index (χ2v) is 9.26. The second kappa shape index (κ2) is 10.7. The first-order valence-corrected chi connectivity index (χ1v) is 12.4. The zero-order valence-electron chi connectivity index (χ0n) is 20.1. The van der Waals surface area contributed by atoms with Gasteiger partial charge in [0.05, 0.1) is 13.0 Å². The maximum absolute atomic E-state index is 13.2. The number of nitrogens with zero attached hydrogens (tertiary/aromatic N) is 1. The number of carbonyl (C=O) groups excluding carboxylic acids is 1. The smallest absolute Gasteiger partial charge is 0.353 e. The van der Waals surface area contributed by atoms with Crippen LogP contribution < -0.4 is 24.7 Å². The van der Waals surface area contributed by atoms with Crippen LogP contribution in [0.5, 0.6) is 23.0 Å². The largest absolute Gasteiger partial charge is 0.493 e. The number of rotatable bonds is 7. The molecule has 0 saturated heterocycles. The number of esters is 1. The average Bonchev–Trinajstić information content (AvgIpc) is 3.47. The van der Waals surface area contributed by atoms with Crippen LogP contribution in [0.2, 0.25) is 0 Å². The fourth-order valence-corrected chi connectivity index (χ4v) is 4.72. The molecule has 1 aromatic heterocycles. The number of ether oxygens (including phenoxy) is 4. The summed E-state index contributed by atoms with van der Waals surface area (Å²) in [6, 6.07) is 21.9. The zero-order valence-corrected chi connectivity index (χ0v) is 21.0. The van der Waals surface area contributed by atoms with Gasteiger partial charge in [-0.2, -0.15) is 5.26 Å². The quantitative estimate of drug-likeness (QED) is 0.235. The Morgan fingerprint density at radius 1 is 1.11 bits per heavy atom. The number of hydrogen-bond acceptors (Lipinski definition) is 8. The van der Waals surface area contributed by atoms with Crippen molar-refractivity contribution in [2.75, 3.05) is 7.11 Å². The molecule has 0 saturated carbocycles. The van der Waals surface area contributed by atoms with Gasteiger partial charge in [0.2, 0.25) is 5.88 Å². The van der Waals surface area contributed by atoms with Crippen LogP contribution in [0, 0.1) is 17.1 Å². The maximum Gasteiger partial charge on any atom is 0.353 e. The molecule has 5 rings (SSSR count). The minimum atomic E-state index is -0.550. The molecule has 7 nitrogen and oxygen atoms in total. The number of thiophene rings is 1. The van der Waals surface area contributed by atoms with E-state index in [1.165, 1.54) is 30.6 Å². The highest BCUT2D eigenvalue weighted by Gasteiger charge is 2.32. The van der Waals surface area contributed by atoms with Crippen molar-refractivity contribution in [3.8, 4) is 29.1 Å². The van der Waals surface area contributed by atoms with Gasteiger partial charge in [-0.05, 0) is 52.9 Å². The molecule has 0 radical (unpaired) electrons. The minimum Gasteiger partial charge on any atom is -0.493 e. The van der Waals surface area contributed by atoms with Crippen LogP contribution in [-0.2, 0) is 6.61 Å². The molecule has 0 aliphatic carbocycles. The van der Waals surface area contributed by atoms with Crippen LogP contribution in [0.1, 0.15) is 32.3 Å². The highest BCUT2D eigenvalue weighted by atomic mass is 32.1. The molecule has 3 aromatic carbocycles. The first kappa shape index (κ1) is 24.9. The van der Waals surface area contributed by atoms with E-state index in [4.69, 9.17) is 24.7 Å². The van der Waals surface area contributed by atoms with Gasteiger partial charge in [-0.3, -0.25) is 0 Å². The SMILES string of the molecule is COc1cc(C2C(C#N)=C(N)Oc3cc(OC(=O)c4cccs4)ccc32)ccc1OCc1ccc(F)cc1. The Morgan fingerprint density at radius 2 is 1.92 bits per heavy atom. The molecule has 1 unspecified atom stereocenters. The van der Waals surface area contributed by atoms with Crippen molar-refractivity contribution in [2.45, 2.75) is 12.5 Å². The van der Waals surface area contributed by atoms with Crippen LogP contribution in [0.25, 0.3) is 0 Å². The zero-order chi connectivity index (χ0) is 26.6. The third-order valence-electron chi connectivity index (χ3n) is 5.95. The normalized spacial score (nSPS) is 14.2. The van der Waals surface area contributed by atoms with Gasteiger partial charge in [0.15, 0.2) is 11.5 Å². The summed E-state index contributed by atoms with van der Waals surface area (Å²) >= 11 is 1.28. The molecule has 9 heteroatoms. The first-order chi connectivity index (χ1) is 18.5. The van der Waals surface area contributed by atoms with Crippen molar-refractivity contribution in [3.05, 3.63) is 117 Å². The van der Waals surface area contributed by atoms with Crippen molar-refractivity contribution in [2.24, 2.45) is 5.73 Å². The number of allylic oxidation sites excluding steroid dienone is 1. The lowest BCUT2D eigenvalue weighted by Gasteiger charge is -2.27.